The van der Waals surface area contributed by atoms with Crippen molar-refractivity contribution in [2.45, 2.75) is 0 Å². The van der Waals surface area contributed by atoms with E-state index in [4.69, 9.17) is 20.9 Å². The number of anilines is 2. The molecule has 0 radical (unpaired) electrons. The van der Waals surface area contributed by atoms with Crippen LogP contribution in [-0.2, 0) is 0 Å². The van der Waals surface area contributed by atoms with Crippen LogP contribution in [0.4, 0.5) is 11.5 Å². The minimum Gasteiger partial charge on any atom is -0.496 e. The summed E-state index contributed by atoms with van der Waals surface area (Å²) in [7, 11) is 3.15. The molecule has 0 spiro atoms. The molecule has 0 saturated carbocycles. The number of aromatic nitrogens is 1. The lowest BCUT2D eigenvalue weighted by atomic mass is 10.1. The van der Waals surface area contributed by atoms with Crippen LogP contribution in [0.5, 0.6) is 11.5 Å². The molecule has 1 heterocycles. The molecule has 0 saturated heterocycles. The molecular weight excluding hydrogens is 206 g/mol. The average molecular weight is 219 g/mol. The van der Waals surface area contributed by atoms with Gasteiger partial charge < -0.3 is 20.9 Å². The average Bonchev–Trinajstić information content (AvgIpc) is 2.26. The van der Waals surface area contributed by atoms with Crippen LogP contribution in [0, 0.1) is 0 Å². The van der Waals surface area contributed by atoms with Crippen molar-refractivity contribution in [2.24, 2.45) is 0 Å². The number of nitrogens with two attached hydrogens (primary N) is 2. The summed E-state index contributed by atoms with van der Waals surface area (Å²) in [6.07, 6.45) is 0. The van der Waals surface area contributed by atoms with Crippen LogP contribution in [0.3, 0.4) is 0 Å². The second-order valence-electron chi connectivity index (χ2n) is 3.37. The number of ether oxygens (including phenoxy) is 2. The van der Waals surface area contributed by atoms with E-state index in [-0.39, 0.29) is 0 Å². The summed E-state index contributed by atoms with van der Waals surface area (Å²) in [4.78, 5) is 4.19. The molecule has 5 nitrogen and oxygen atoms in total. The molecular formula is C11H13N3O2. The van der Waals surface area contributed by atoms with Gasteiger partial charge in [0.05, 0.1) is 25.1 Å². The highest BCUT2D eigenvalue weighted by molar-refractivity contribution is 5.94. The summed E-state index contributed by atoms with van der Waals surface area (Å²) in [5.41, 5.74) is 12.6. The lowest BCUT2D eigenvalue weighted by Gasteiger charge is -2.11. The number of pyridine rings is 1. The van der Waals surface area contributed by atoms with Gasteiger partial charge in [-0.1, -0.05) is 0 Å². The van der Waals surface area contributed by atoms with E-state index in [1.807, 2.05) is 0 Å². The minimum atomic E-state index is 0.386. The van der Waals surface area contributed by atoms with Crippen LogP contribution in [-0.4, -0.2) is 19.2 Å². The predicted octanol–water partition coefficient (Wildman–Crippen LogP) is 1.42. The van der Waals surface area contributed by atoms with Gasteiger partial charge in [-0.25, -0.2) is 4.98 Å². The molecule has 0 bridgehead atoms. The summed E-state index contributed by atoms with van der Waals surface area (Å²) in [5.74, 6) is 1.63. The summed E-state index contributed by atoms with van der Waals surface area (Å²) in [5, 5.41) is 0.772. The van der Waals surface area contributed by atoms with E-state index in [9.17, 15) is 0 Å². The van der Waals surface area contributed by atoms with Gasteiger partial charge in [0, 0.05) is 17.8 Å². The number of hydrogen-bond acceptors (Lipinski definition) is 5. The Labute approximate surface area is 93.0 Å². The fourth-order valence-electron chi connectivity index (χ4n) is 1.66. The zero-order chi connectivity index (χ0) is 11.7. The lowest BCUT2D eigenvalue weighted by molar-refractivity contribution is 0.405. The third kappa shape index (κ3) is 1.56. The summed E-state index contributed by atoms with van der Waals surface area (Å²) in [6, 6.07) is 5.11. The maximum Gasteiger partial charge on any atom is 0.135 e. The quantitative estimate of drug-likeness (QED) is 0.746. The first kappa shape index (κ1) is 10.4. The van der Waals surface area contributed by atoms with Gasteiger partial charge in [-0.2, -0.15) is 0 Å². The number of hydrogen-bond donors (Lipinski definition) is 2. The minimum absolute atomic E-state index is 0.386. The highest BCUT2D eigenvalue weighted by atomic mass is 16.5. The number of rotatable bonds is 2. The monoisotopic (exact) mass is 219 g/mol. The van der Waals surface area contributed by atoms with Crippen molar-refractivity contribution in [3.63, 3.8) is 0 Å². The molecule has 1 aromatic heterocycles. The van der Waals surface area contributed by atoms with Gasteiger partial charge in [-0.05, 0) is 6.07 Å². The van der Waals surface area contributed by atoms with E-state index in [1.54, 1.807) is 32.4 Å². The largest absolute Gasteiger partial charge is 0.496 e. The lowest BCUT2D eigenvalue weighted by Crippen LogP contribution is -1.97. The summed E-state index contributed by atoms with van der Waals surface area (Å²) >= 11 is 0. The topological polar surface area (TPSA) is 83.4 Å². The molecule has 0 aliphatic carbocycles. The molecule has 0 amide bonds. The van der Waals surface area contributed by atoms with E-state index < -0.39 is 0 Å². The second kappa shape index (κ2) is 3.77. The summed E-state index contributed by atoms with van der Waals surface area (Å²) in [6.45, 7) is 0. The molecule has 0 fully saturated rings. The Balaban J connectivity index is 2.87. The molecule has 1 aromatic carbocycles. The number of methoxy groups -OCH3 is 2. The van der Waals surface area contributed by atoms with Gasteiger partial charge in [0.15, 0.2) is 0 Å². The van der Waals surface area contributed by atoms with E-state index >= 15 is 0 Å². The molecule has 5 heteroatoms. The fourth-order valence-corrected chi connectivity index (χ4v) is 1.66. The molecule has 0 atom stereocenters. The van der Waals surface area contributed by atoms with Gasteiger partial charge in [-0.3, -0.25) is 0 Å². The van der Waals surface area contributed by atoms with Crippen molar-refractivity contribution < 1.29 is 9.47 Å². The third-order valence-corrected chi connectivity index (χ3v) is 2.32. The number of fused-ring (bicyclic) bond motifs is 1. The predicted molar refractivity (Wildman–Crippen MR) is 63.7 cm³/mol. The number of nitrogen functional groups attached to an aromatic ring is 2. The number of nitrogens with zero attached hydrogens (tertiary/aromatic N) is 1. The van der Waals surface area contributed by atoms with E-state index in [1.165, 1.54) is 0 Å². The number of benzene rings is 1. The smallest absolute Gasteiger partial charge is 0.135 e. The highest BCUT2D eigenvalue weighted by Crippen LogP contribution is 2.35. The molecule has 0 aliphatic heterocycles. The van der Waals surface area contributed by atoms with Crippen molar-refractivity contribution in [2.75, 3.05) is 25.7 Å². The van der Waals surface area contributed by atoms with Crippen LogP contribution >= 0.6 is 0 Å². The first-order valence-electron chi connectivity index (χ1n) is 4.73. The molecule has 2 aromatic rings. The third-order valence-electron chi connectivity index (χ3n) is 2.32. The first-order chi connectivity index (χ1) is 7.65. The van der Waals surface area contributed by atoms with Crippen LogP contribution in [0.25, 0.3) is 10.9 Å². The van der Waals surface area contributed by atoms with Gasteiger partial charge in [0.2, 0.25) is 0 Å². The second-order valence-corrected chi connectivity index (χ2v) is 3.37. The molecule has 0 unspecified atom stereocenters. The molecule has 16 heavy (non-hydrogen) atoms. The first-order valence-corrected chi connectivity index (χ1v) is 4.73. The van der Waals surface area contributed by atoms with Gasteiger partial charge in [0.1, 0.15) is 17.3 Å². The summed E-state index contributed by atoms with van der Waals surface area (Å²) < 4.78 is 10.5. The zero-order valence-corrected chi connectivity index (χ0v) is 9.15. The Morgan fingerprint density at radius 3 is 2.25 bits per heavy atom. The fraction of sp³-hybridized carbons (Fsp3) is 0.182. The van der Waals surface area contributed by atoms with Crippen LogP contribution in [0.2, 0.25) is 0 Å². The molecule has 0 aliphatic rings. The Morgan fingerprint density at radius 2 is 1.62 bits per heavy atom. The molecule has 84 valence electrons. The zero-order valence-electron chi connectivity index (χ0n) is 9.15. The Hall–Kier alpha value is -2.17. The standard InChI is InChI=1S/C11H13N3O2/c1-15-8-4-6(12)3-7-11(8)9(16-2)5-10(13)14-7/h3-5H,12H2,1-2H3,(H2,13,14). The maximum atomic E-state index is 5.74. The Kier molecular flexibility index (Phi) is 2.44. The van der Waals surface area contributed by atoms with E-state index in [0.717, 1.165) is 5.39 Å². The molecule has 4 N–H and O–H groups in total. The van der Waals surface area contributed by atoms with Gasteiger partial charge >= 0.3 is 0 Å². The van der Waals surface area contributed by atoms with Crippen LogP contribution < -0.4 is 20.9 Å². The van der Waals surface area contributed by atoms with Crippen molar-refractivity contribution in [1.82, 2.24) is 4.98 Å². The van der Waals surface area contributed by atoms with Crippen molar-refractivity contribution >= 4 is 22.4 Å². The van der Waals surface area contributed by atoms with E-state index in [2.05, 4.69) is 4.98 Å². The van der Waals surface area contributed by atoms with Crippen LogP contribution in [0.15, 0.2) is 18.2 Å². The van der Waals surface area contributed by atoms with Gasteiger partial charge in [-0.15, -0.1) is 0 Å². The van der Waals surface area contributed by atoms with Gasteiger partial charge in [0.25, 0.3) is 0 Å². The Bertz CT molecular complexity index is 495. The van der Waals surface area contributed by atoms with Crippen molar-refractivity contribution in [3.8, 4) is 11.5 Å². The molecule has 2 rings (SSSR count). The van der Waals surface area contributed by atoms with Crippen LogP contribution in [0.1, 0.15) is 0 Å². The van der Waals surface area contributed by atoms with Crippen molar-refractivity contribution in [3.05, 3.63) is 18.2 Å². The van der Waals surface area contributed by atoms with Crippen molar-refractivity contribution in [1.29, 1.82) is 0 Å². The maximum absolute atomic E-state index is 5.74. The van der Waals surface area contributed by atoms with E-state index in [0.29, 0.717) is 28.5 Å². The highest BCUT2D eigenvalue weighted by Gasteiger charge is 2.11. The SMILES string of the molecule is COc1cc(N)cc2nc(N)cc(OC)c12. The normalized spacial score (nSPS) is 10.4. The Morgan fingerprint density at radius 1 is 1.00 bits per heavy atom.